The maximum Gasteiger partial charge on any atom is 0.128 e. The van der Waals surface area contributed by atoms with Gasteiger partial charge in [0, 0.05) is 11.6 Å². The minimum atomic E-state index is -0.398. The summed E-state index contributed by atoms with van der Waals surface area (Å²) in [7, 11) is 1.73. The third-order valence-corrected chi connectivity index (χ3v) is 2.09. The lowest BCUT2D eigenvalue weighted by atomic mass is 10.0. The van der Waals surface area contributed by atoms with Crippen LogP contribution in [0.25, 0.3) is 0 Å². The largest absolute Gasteiger partial charge is 0.313 e. The van der Waals surface area contributed by atoms with Crippen molar-refractivity contribution in [2.45, 2.75) is 33.2 Å². The van der Waals surface area contributed by atoms with E-state index < -0.39 is 5.82 Å². The topological polar surface area (TPSA) is 12.0 Å². The van der Waals surface area contributed by atoms with Gasteiger partial charge in [0.05, 0.1) is 0 Å². The molecular formula is C12H19F2N. The molecule has 0 aliphatic rings. The number of benzene rings is 1. The van der Waals surface area contributed by atoms with Crippen molar-refractivity contribution in [2.24, 2.45) is 0 Å². The maximum absolute atomic E-state index is 13.2. The molecule has 1 nitrogen and oxygen atoms in total. The molecule has 0 heterocycles. The molecule has 0 fully saturated rings. The molecule has 0 saturated carbocycles. The third-order valence-electron chi connectivity index (χ3n) is 2.09. The molecule has 0 aromatic heterocycles. The number of rotatable bonds is 3. The Morgan fingerprint density at radius 2 is 1.87 bits per heavy atom. The molecule has 1 aromatic rings. The SMILES string of the molecule is CC.CCC(NC)c1cc(F)ccc1F. The highest BCUT2D eigenvalue weighted by molar-refractivity contribution is 5.22. The van der Waals surface area contributed by atoms with Gasteiger partial charge in [0.15, 0.2) is 0 Å². The third kappa shape index (κ3) is 3.96. The highest BCUT2D eigenvalue weighted by atomic mass is 19.1. The predicted octanol–water partition coefficient (Wildman–Crippen LogP) is 3.66. The van der Waals surface area contributed by atoms with Gasteiger partial charge in [-0.05, 0) is 31.7 Å². The number of hydrogen-bond acceptors (Lipinski definition) is 1. The zero-order chi connectivity index (χ0) is 11.8. The second kappa shape index (κ2) is 7.35. The molecule has 0 aliphatic carbocycles. The van der Waals surface area contributed by atoms with Gasteiger partial charge < -0.3 is 5.32 Å². The minimum Gasteiger partial charge on any atom is -0.313 e. The fraction of sp³-hybridized carbons (Fsp3) is 0.500. The average Bonchev–Trinajstić information content (AvgIpc) is 2.28. The van der Waals surface area contributed by atoms with Crippen LogP contribution in [-0.2, 0) is 0 Å². The lowest BCUT2D eigenvalue weighted by Crippen LogP contribution is -2.16. The van der Waals surface area contributed by atoms with Crippen molar-refractivity contribution in [3.8, 4) is 0 Å². The van der Waals surface area contributed by atoms with E-state index in [-0.39, 0.29) is 11.9 Å². The van der Waals surface area contributed by atoms with Gasteiger partial charge in [-0.25, -0.2) is 8.78 Å². The Morgan fingerprint density at radius 3 is 2.33 bits per heavy atom. The van der Waals surface area contributed by atoms with Crippen LogP contribution in [0.15, 0.2) is 18.2 Å². The van der Waals surface area contributed by atoms with Gasteiger partial charge >= 0.3 is 0 Å². The van der Waals surface area contributed by atoms with Crippen molar-refractivity contribution in [3.05, 3.63) is 35.4 Å². The van der Waals surface area contributed by atoms with Crippen LogP contribution < -0.4 is 5.32 Å². The molecule has 1 N–H and O–H groups in total. The molecule has 0 aliphatic heterocycles. The second-order valence-corrected chi connectivity index (χ2v) is 2.92. The second-order valence-electron chi connectivity index (χ2n) is 2.92. The van der Waals surface area contributed by atoms with E-state index in [0.29, 0.717) is 5.56 Å². The number of halogens is 2. The van der Waals surface area contributed by atoms with Gasteiger partial charge in [-0.2, -0.15) is 0 Å². The van der Waals surface area contributed by atoms with Crippen molar-refractivity contribution in [1.82, 2.24) is 5.32 Å². The standard InChI is InChI=1S/C10H13F2N.C2H6/c1-3-10(13-2)8-6-7(11)4-5-9(8)12;1-2/h4-6,10,13H,3H2,1-2H3;1-2H3. The fourth-order valence-corrected chi connectivity index (χ4v) is 1.36. The Labute approximate surface area is 90.5 Å². The molecule has 1 atom stereocenters. The van der Waals surface area contributed by atoms with Gasteiger partial charge in [-0.3, -0.25) is 0 Å². The van der Waals surface area contributed by atoms with Crippen molar-refractivity contribution in [2.75, 3.05) is 7.05 Å². The Balaban J connectivity index is 0.000000921. The summed E-state index contributed by atoms with van der Waals surface area (Å²) in [5.74, 6) is -0.757. The minimum absolute atomic E-state index is 0.115. The van der Waals surface area contributed by atoms with Crippen molar-refractivity contribution in [3.63, 3.8) is 0 Å². The summed E-state index contributed by atoms with van der Waals surface area (Å²) in [6.07, 6.45) is 0.733. The maximum atomic E-state index is 13.2. The summed E-state index contributed by atoms with van der Waals surface area (Å²) in [6, 6.07) is 3.40. The zero-order valence-electron chi connectivity index (χ0n) is 9.77. The quantitative estimate of drug-likeness (QED) is 0.811. The number of hydrogen-bond donors (Lipinski definition) is 1. The summed E-state index contributed by atoms with van der Waals surface area (Å²) in [5.41, 5.74) is 0.394. The Morgan fingerprint density at radius 1 is 1.27 bits per heavy atom. The Kier molecular flexibility index (Phi) is 6.88. The van der Waals surface area contributed by atoms with E-state index in [0.717, 1.165) is 18.6 Å². The summed E-state index contributed by atoms with van der Waals surface area (Å²) < 4.78 is 26.0. The number of nitrogens with one attached hydrogen (secondary N) is 1. The van der Waals surface area contributed by atoms with E-state index >= 15 is 0 Å². The summed E-state index contributed by atoms with van der Waals surface area (Å²) in [6.45, 7) is 5.92. The molecule has 86 valence electrons. The summed E-state index contributed by atoms with van der Waals surface area (Å²) in [4.78, 5) is 0. The van der Waals surface area contributed by atoms with Crippen LogP contribution in [-0.4, -0.2) is 7.05 Å². The van der Waals surface area contributed by atoms with E-state index in [1.165, 1.54) is 6.07 Å². The zero-order valence-corrected chi connectivity index (χ0v) is 9.77. The van der Waals surface area contributed by atoms with Gasteiger partial charge in [0.1, 0.15) is 11.6 Å². The van der Waals surface area contributed by atoms with Crippen molar-refractivity contribution in [1.29, 1.82) is 0 Å². The van der Waals surface area contributed by atoms with Crippen LogP contribution in [0.5, 0.6) is 0 Å². The van der Waals surface area contributed by atoms with Crippen LogP contribution in [0.1, 0.15) is 38.8 Å². The lowest BCUT2D eigenvalue weighted by molar-refractivity contribution is 0.515. The molecule has 0 saturated heterocycles. The van der Waals surface area contributed by atoms with Crippen LogP contribution in [0.3, 0.4) is 0 Å². The van der Waals surface area contributed by atoms with Crippen molar-refractivity contribution >= 4 is 0 Å². The first-order chi connectivity index (χ1) is 7.19. The molecular weight excluding hydrogens is 196 g/mol. The van der Waals surface area contributed by atoms with E-state index in [1.807, 2.05) is 20.8 Å². The monoisotopic (exact) mass is 215 g/mol. The molecule has 1 unspecified atom stereocenters. The van der Waals surface area contributed by atoms with Gasteiger partial charge in [0.2, 0.25) is 0 Å². The molecule has 0 amide bonds. The molecule has 1 aromatic carbocycles. The summed E-state index contributed by atoms with van der Waals surface area (Å²) >= 11 is 0. The van der Waals surface area contributed by atoms with E-state index in [1.54, 1.807) is 7.05 Å². The Bertz CT molecular complexity index is 283. The van der Waals surface area contributed by atoms with Crippen LogP contribution in [0.2, 0.25) is 0 Å². The molecule has 0 spiro atoms. The highest BCUT2D eigenvalue weighted by Gasteiger charge is 2.12. The van der Waals surface area contributed by atoms with E-state index in [4.69, 9.17) is 0 Å². The van der Waals surface area contributed by atoms with Crippen LogP contribution >= 0.6 is 0 Å². The van der Waals surface area contributed by atoms with Crippen LogP contribution in [0.4, 0.5) is 8.78 Å². The molecule has 0 radical (unpaired) electrons. The first-order valence-corrected chi connectivity index (χ1v) is 5.31. The molecule has 0 bridgehead atoms. The van der Waals surface area contributed by atoms with Gasteiger partial charge in [-0.1, -0.05) is 20.8 Å². The molecule has 1 rings (SSSR count). The first kappa shape index (κ1) is 14.0. The van der Waals surface area contributed by atoms with E-state index in [2.05, 4.69) is 5.32 Å². The highest BCUT2D eigenvalue weighted by Crippen LogP contribution is 2.20. The molecule has 15 heavy (non-hydrogen) atoms. The fourth-order valence-electron chi connectivity index (χ4n) is 1.36. The smallest absolute Gasteiger partial charge is 0.128 e. The van der Waals surface area contributed by atoms with Gasteiger partial charge in [-0.15, -0.1) is 0 Å². The van der Waals surface area contributed by atoms with E-state index in [9.17, 15) is 8.78 Å². The molecule has 3 heteroatoms. The summed E-state index contributed by atoms with van der Waals surface area (Å²) in [5, 5.41) is 2.93. The lowest BCUT2D eigenvalue weighted by Gasteiger charge is -2.14. The normalized spacial score (nSPS) is 11.6. The van der Waals surface area contributed by atoms with Crippen molar-refractivity contribution < 1.29 is 8.78 Å². The predicted molar refractivity (Wildman–Crippen MR) is 59.8 cm³/mol. The van der Waals surface area contributed by atoms with Gasteiger partial charge in [0.25, 0.3) is 0 Å². The first-order valence-electron chi connectivity index (χ1n) is 5.31. The van der Waals surface area contributed by atoms with Crippen LogP contribution in [0, 0.1) is 11.6 Å². The Hall–Kier alpha value is -0.960. The average molecular weight is 215 g/mol.